The van der Waals surface area contributed by atoms with Crippen molar-refractivity contribution >= 4 is 17.3 Å². The van der Waals surface area contributed by atoms with Gasteiger partial charge in [0.2, 0.25) is 5.91 Å². The van der Waals surface area contributed by atoms with Gasteiger partial charge in [-0.3, -0.25) is 9.69 Å². The second-order valence-electron chi connectivity index (χ2n) is 4.91. The first-order valence-corrected chi connectivity index (χ1v) is 6.81. The molecule has 0 spiro atoms. The van der Waals surface area contributed by atoms with E-state index in [0.717, 1.165) is 26.2 Å². The summed E-state index contributed by atoms with van der Waals surface area (Å²) in [6, 6.07) is 5.04. The summed E-state index contributed by atoms with van der Waals surface area (Å²) < 4.78 is 5.23. The Kier molecular flexibility index (Phi) is 4.81. The molecule has 0 aromatic heterocycles. The van der Waals surface area contributed by atoms with Crippen LogP contribution in [0.3, 0.4) is 0 Å². The van der Waals surface area contributed by atoms with Gasteiger partial charge in [0, 0.05) is 37.9 Å². The number of nitrogen functional groups attached to an aromatic ring is 1. The van der Waals surface area contributed by atoms with Crippen molar-refractivity contribution in [1.29, 1.82) is 0 Å². The van der Waals surface area contributed by atoms with E-state index < -0.39 is 0 Å². The van der Waals surface area contributed by atoms with Crippen molar-refractivity contribution < 1.29 is 9.53 Å². The Morgan fingerprint density at radius 3 is 2.80 bits per heavy atom. The molecule has 4 N–H and O–H groups in total. The smallest absolute Gasteiger partial charge is 0.241 e. The number of benzene rings is 1. The fourth-order valence-electron chi connectivity index (χ4n) is 2.28. The zero-order valence-corrected chi connectivity index (χ0v) is 12.0. The fraction of sp³-hybridized carbons (Fsp3) is 0.500. The van der Waals surface area contributed by atoms with Crippen LogP contribution >= 0.6 is 0 Å². The predicted octanol–water partition coefficient (Wildman–Crippen LogP) is 0.510. The van der Waals surface area contributed by atoms with Crippen LogP contribution in [-0.2, 0) is 4.79 Å². The predicted molar refractivity (Wildman–Crippen MR) is 79.9 cm³/mol. The Labute approximate surface area is 119 Å². The minimum atomic E-state index is -0.167. The second kappa shape index (κ2) is 6.58. The Hall–Kier alpha value is -1.79. The average Bonchev–Trinajstić information content (AvgIpc) is 2.49. The highest BCUT2D eigenvalue weighted by Crippen LogP contribution is 2.26. The van der Waals surface area contributed by atoms with E-state index in [0.29, 0.717) is 17.1 Å². The average molecular weight is 278 g/mol. The standard InChI is InChI=1S/C14H22N4O2/c1-10(18-7-5-16-6-8-18)14(19)17-12-4-3-11(15)9-13(12)20-2/h3-4,9-10,16H,5-8,15H2,1-2H3,(H,17,19). The molecule has 0 aliphatic carbocycles. The third kappa shape index (κ3) is 3.40. The second-order valence-corrected chi connectivity index (χ2v) is 4.91. The summed E-state index contributed by atoms with van der Waals surface area (Å²) in [6.07, 6.45) is 0. The Bertz CT molecular complexity index is 472. The number of piperazine rings is 1. The molecule has 1 aromatic rings. The molecule has 1 aromatic carbocycles. The van der Waals surface area contributed by atoms with Crippen LogP contribution in [0.25, 0.3) is 0 Å². The molecule has 1 fully saturated rings. The van der Waals surface area contributed by atoms with E-state index in [1.54, 1.807) is 25.3 Å². The molecule has 6 nitrogen and oxygen atoms in total. The maximum Gasteiger partial charge on any atom is 0.241 e. The van der Waals surface area contributed by atoms with Gasteiger partial charge in [-0.25, -0.2) is 0 Å². The molecule has 1 heterocycles. The number of methoxy groups -OCH3 is 1. The summed E-state index contributed by atoms with van der Waals surface area (Å²) in [5.74, 6) is 0.542. The largest absolute Gasteiger partial charge is 0.494 e. The van der Waals surface area contributed by atoms with Crippen LogP contribution in [0.2, 0.25) is 0 Å². The van der Waals surface area contributed by atoms with Crippen LogP contribution in [0.1, 0.15) is 6.92 Å². The SMILES string of the molecule is COc1cc(N)ccc1NC(=O)C(C)N1CCNCC1. The number of nitrogens with zero attached hydrogens (tertiary/aromatic N) is 1. The van der Waals surface area contributed by atoms with E-state index in [1.165, 1.54) is 0 Å². The summed E-state index contributed by atoms with van der Waals surface area (Å²) >= 11 is 0. The van der Waals surface area contributed by atoms with Gasteiger partial charge in [0.05, 0.1) is 18.8 Å². The third-order valence-corrected chi connectivity index (χ3v) is 3.56. The van der Waals surface area contributed by atoms with Crippen LogP contribution in [0, 0.1) is 0 Å². The van der Waals surface area contributed by atoms with Crippen molar-refractivity contribution in [3.05, 3.63) is 18.2 Å². The number of amides is 1. The monoisotopic (exact) mass is 278 g/mol. The van der Waals surface area contributed by atoms with E-state index in [1.807, 2.05) is 6.92 Å². The number of nitrogens with two attached hydrogens (primary N) is 1. The topological polar surface area (TPSA) is 79.6 Å². The van der Waals surface area contributed by atoms with E-state index in [4.69, 9.17) is 10.5 Å². The molecule has 0 radical (unpaired) electrons. The molecule has 1 atom stereocenters. The third-order valence-electron chi connectivity index (χ3n) is 3.56. The van der Waals surface area contributed by atoms with Crippen LogP contribution in [0.4, 0.5) is 11.4 Å². The summed E-state index contributed by atoms with van der Waals surface area (Å²) in [5, 5.41) is 6.18. The quantitative estimate of drug-likeness (QED) is 0.699. The van der Waals surface area contributed by atoms with Crippen LogP contribution in [-0.4, -0.2) is 50.1 Å². The maximum absolute atomic E-state index is 12.3. The number of carbonyl (C=O) groups is 1. The van der Waals surface area contributed by atoms with Gasteiger partial charge in [-0.2, -0.15) is 0 Å². The summed E-state index contributed by atoms with van der Waals surface area (Å²) in [7, 11) is 1.56. The molecule has 20 heavy (non-hydrogen) atoms. The lowest BCUT2D eigenvalue weighted by Gasteiger charge is -2.31. The molecular weight excluding hydrogens is 256 g/mol. The van der Waals surface area contributed by atoms with Gasteiger partial charge >= 0.3 is 0 Å². The summed E-state index contributed by atoms with van der Waals surface area (Å²) in [4.78, 5) is 14.5. The first-order valence-electron chi connectivity index (χ1n) is 6.81. The molecule has 0 saturated carbocycles. The summed E-state index contributed by atoms with van der Waals surface area (Å²) in [5.41, 5.74) is 6.96. The van der Waals surface area contributed by atoms with Crippen molar-refractivity contribution in [2.75, 3.05) is 44.3 Å². The van der Waals surface area contributed by atoms with Crippen LogP contribution in [0.5, 0.6) is 5.75 Å². The van der Waals surface area contributed by atoms with E-state index in [9.17, 15) is 4.79 Å². The highest BCUT2D eigenvalue weighted by molar-refractivity contribution is 5.96. The van der Waals surface area contributed by atoms with Gasteiger partial charge in [0.15, 0.2) is 0 Å². The molecule has 110 valence electrons. The van der Waals surface area contributed by atoms with Crippen molar-refractivity contribution in [3.8, 4) is 5.75 Å². The number of anilines is 2. The number of carbonyl (C=O) groups excluding carboxylic acids is 1. The van der Waals surface area contributed by atoms with Crippen molar-refractivity contribution in [2.45, 2.75) is 13.0 Å². The van der Waals surface area contributed by atoms with Crippen molar-refractivity contribution in [2.24, 2.45) is 0 Å². The Morgan fingerprint density at radius 2 is 2.15 bits per heavy atom. The molecule has 6 heteroatoms. The molecule has 2 rings (SSSR count). The maximum atomic E-state index is 12.3. The normalized spacial score (nSPS) is 17.5. The molecule has 1 aliphatic rings. The van der Waals surface area contributed by atoms with Gasteiger partial charge in [-0.05, 0) is 19.1 Å². The zero-order chi connectivity index (χ0) is 14.5. The van der Waals surface area contributed by atoms with E-state index >= 15 is 0 Å². The van der Waals surface area contributed by atoms with Crippen molar-refractivity contribution in [1.82, 2.24) is 10.2 Å². The van der Waals surface area contributed by atoms with Crippen molar-refractivity contribution in [3.63, 3.8) is 0 Å². The lowest BCUT2D eigenvalue weighted by atomic mass is 10.2. The number of hydrogen-bond acceptors (Lipinski definition) is 5. The van der Waals surface area contributed by atoms with Gasteiger partial charge in [0.1, 0.15) is 5.75 Å². The highest BCUT2D eigenvalue weighted by atomic mass is 16.5. The number of hydrogen-bond donors (Lipinski definition) is 3. The van der Waals surface area contributed by atoms with E-state index in [-0.39, 0.29) is 11.9 Å². The summed E-state index contributed by atoms with van der Waals surface area (Å²) in [6.45, 7) is 5.52. The lowest BCUT2D eigenvalue weighted by molar-refractivity contribution is -0.121. The van der Waals surface area contributed by atoms with Crippen LogP contribution < -0.4 is 21.1 Å². The first kappa shape index (κ1) is 14.6. The van der Waals surface area contributed by atoms with Gasteiger partial charge in [-0.1, -0.05) is 0 Å². The molecule has 1 unspecified atom stereocenters. The van der Waals surface area contributed by atoms with E-state index in [2.05, 4.69) is 15.5 Å². The zero-order valence-electron chi connectivity index (χ0n) is 12.0. The van der Waals surface area contributed by atoms with Gasteiger partial charge in [0.25, 0.3) is 0 Å². The molecule has 1 aliphatic heterocycles. The van der Waals surface area contributed by atoms with Crippen LogP contribution in [0.15, 0.2) is 18.2 Å². The van der Waals surface area contributed by atoms with Gasteiger partial charge < -0.3 is 21.1 Å². The lowest BCUT2D eigenvalue weighted by Crippen LogP contribution is -2.51. The minimum Gasteiger partial charge on any atom is -0.494 e. The highest BCUT2D eigenvalue weighted by Gasteiger charge is 2.23. The minimum absolute atomic E-state index is 0.0324. The number of ether oxygens (including phenoxy) is 1. The van der Waals surface area contributed by atoms with Gasteiger partial charge in [-0.15, -0.1) is 0 Å². The first-order chi connectivity index (χ1) is 9.61. The number of nitrogens with one attached hydrogen (secondary N) is 2. The Morgan fingerprint density at radius 1 is 1.45 bits per heavy atom. The molecule has 1 amide bonds. The fourth-order valence-corrected chi connectivity index (χ4v) is 2.28. The Balaban J connectivity index is 2.03. The number of rotatable bonds is 4. The molecule has 1 saturated heterocycles. The molecular formula is C14H22N4O2. The molecule has 0 bridgehead atoms.